The van der Waals surface area contributed by atoms with Gasteiger partial charge in [-0.1, -0.05) is 27.7 Å². The summed E-state index contributed by atoms with van der Waals surface area (Å²) in [5.74, 6) is 1.60. The molecule has 0 aromatic carbocycles. The maximum absolute atomic E-state index is 5.37. The summed E-state index contributed by atoms with van der Waals surface area (Å²) in [6.07, 6.45) is 2.65. The highest BCUT2D eigenvalue weighted by Crippen LogP contribution is 2.33. The van der Waals surface area contributed by atoms with Crippen molar-refractivity contribution in [1.29, 1.82) is 0 Å². The van der Waals surface area contributed by atoms with Gasteiger partial charge in [0.25, 0.3) is 0 Å². The van der Waals surface area contributed by atoms with E-state index >= 15 is 0 Å². The van der Waals surface area contributed by atoms with Gasteiger partial charge in [-0.3, -0.25) is 4.90 Å². The third-order valence-corrected chi connectivity index (χ3v) is 4.61. The Hall–Kier alpha value is -0.120. The predicted octanol–water partition coefficient (Wildman–Crippen LogP) is 2.76. The molecular weight excluding hydrogens is 236 g/mol. The highest BCUT2D eigenvalue weighted by Gasteiger charge is 2.38. The molecule has 0 aromatic rings. The van der Waals surface area contributed by atoms with Crippen LogP contribution in [0.25, 0.3) is 0 Å². The van der Waals surface area contributed by atoms with E-state index in [1.165, 1.54) is 12.8 Å². The summed E-state index contributed by atoms with van der Waals surface area (Å²) in [5.41, 5.74) is 0. The van der Waals surface area contributed by atoms with E-state index in [1.54, 1.807) is 7.11 Å². The van der Waals surface area contributed by atoms with Crippen molar-refractivity contribution in [3.8, 4) is 0 Å². The quantitative estimate of drug-likeness (QED) is 0.770. The smallest absolute Gasteiger partial charge is 0.0615 e. The van der Waals surface area contributed by atoms with E-state index in [0.29, 0.717) is 18.1 Å². The van der Waals surface area contributed by atoms with Gasteiger partial charge in [0.1, 0.15) is 0 Å². The van der Waals surface area contributed by atoms with Crippen LogP contribution in [0.15, 0.2) is 0 Å². The van der Waals surface area contributed by atoms with E-state index in [9.17, 15) is 0 Å². The third kappa shape index (κ3) is 4.44. The monoisotopic (exact) mass is 270 g/mol. The standard InChI is InChI=1S/C16H34N2O/c1-7-17-15-10-12(3)9-13(4)16(15)18(8-2)14(5)11-19-6/h12-17H,7-11H2,1-6H3. The molecule has 0 spiro atoms. The molecule has 1 rings (SSSR count). The molecule has 114 valence electrons. The van der Waals surface area contributed by atoms with Gasteiger partial charge in [-0.15, -0.1) is 0 Å². The Balaban J connectivity index is 2.82. The van der Waals surface area contributed by atoms with Crippen LogP contribution in [0.2, 0.25) is 0 Å². The van der Waals surface area contributed by atoms with Crippen LogP contribution in [-0.4, -0.2) is 49.8 Å². The number of hydrogen-bond acceptors (Lipinski definition) is 3. The Labute approximate surface area is 120 Å². The van der Waals surface area contributed by atoms with Crippen LogP contribution in [-0.2, 0) is 4.74 Å². The molecular formula is C16H34N2O. The molecule has 3 nitrogen and oxygen atoms in total. The largest absolute Gasteiger partial charge is 0.383 e. The van der Waals surface area contributed by atoms with Gasteiger partial charge in [0.2, 0.25) is 0 Å². The van der Waals surface area contributed by atoms with Crippen molar-refractivity contribution >= 4 is 0 Å². The Morgan fingerprint density at radius 3 is 2.47 bits per heavy atom. The lowest BCUT2D eigenvalue weighted by Gasteiger charge is -2.48. The molecule has 0 saturated heterocycles. The SMILES string of the molecule is CCNC1CC(C)CC(C)C1N(CC)C(C)COC. The summed E-state index contributed by atoms with van der Waals surface area (Å²) in [5, 5.41) is 3.72. The molecule has 1 aliphatic rings. The molecule has 19 heavy (non-hydrogen) atoms. The molecule has 1 N–H and O–H groups in total. The van der Waals surface area contributed by atoms with Gasteiger partial charge in [-0.05, 0) is 44.7 Å². The highest BCUT2D eigenvalue weighted by molar-refractivity contribution is 4.95. The van der Waals surface area contributed by atoms with E-state index in [0.717, 1.165) is 31.5 Å². The van der Waals surface area contributed by atoms with Crippen molar-refractivity contribution in [1.82, 2.24) is 10.2 Å². The summed E-state index contributed by atoms with van der Waals surface area (Å²) in [7, 11) is 1.80. The van der Waals surface area contributed by atoms with Gasteiger partial charge in [0, 0.05) is 25.2 Å². The minimum Gasteiger partial charge on any atom is -0.383 e. The van der Waals surface area contributed by atoms with Crippen molar-refractivity contribution < 1.29 is 4.74 Å². The first-order chi connectivity index (χ1) is 9.04. The van der Waals surface area contributed by atoms with Crippen LogP contribution in [0.4, 0.5) is 0 Å². The van der Waals surface area contributed by atoms with Gasteiger partial charge in [0.05, 0.1) is 6.61 Å². The zero-order valence-corrected chi connectivity index (χ0v) is 13.8. The topological polar surface area (TPSA) is 24.5 Å². The van der Waals surface area contributed by atoms with Gasteiger partial charge in [0.15, 0.2) is 0 Å². The molecule has 0 radical (unpaired) electrons. The molecule has 0 bridgehead atoms. The maximum atomic E-state index is 5.37. The molecule has 1 fully saturated rings. The number of nitrogens with zero attached hydrogens (tertiary/aromatic N) is 1. The van der Waals surface area contributed by atoms with Crippen LogP contribution in [0.1, 0.15) is 47.5 Å². The number of nitrogens with one attached hydrogen (secondary N) is 1. The van der Waals surface area contributed by atoms with Gasteiger partial charge in [-0.2, -0.15) is 0 Å². The molecule has 5 unspecified atom stereocenters. The fourth-order valence-corrected chi connectivity index (χ4v) is 4.02. The number of ether oxygens (including phenoxy) is 1. The van der Waals surface area contributed by atoms with Crippen LogP contribution in [0.3, 0.4) is 0 Å². The molecule has 3 heteroatoms. The summed E-state index contributed by atoms with van der Waals surface area (Å²) < 4.78 is 5.37. The number of likely N-dealkylation sites (N-methyl/N-ethyl adjacent to an activating group) is 2. The van der Waals surface area contributed by atoms with Crippen molar-refractivity contribution in [3.63, 3.8) is 0 Å². The Morgan fingerprint density at radius 1 is 1.26 bits per heavy atom. The Bertz CT molecular complexity index is 247. The summed E-state index contributed by atoms with van der Waals surface area (Å²) in [6, 6.07) is 1.77. The second-order valence-electron chi connectivity index (χ2n) is 6.34. The number of hydrogen-bond donors (Lipinski definition) is 1. The van der Waals surface area contributed by atoms with Gasteiger partial charge < -0.3 is 10.1 Å². The molecule has 5 atom stereocenters. The minimum atomic E-state index is 0.497. The molecule has 0 aliphatic heterocycles. The lowest BCUT2D eigenvalue weighted by atomic mass is 9.75. The van der Waals surface area contributed by atoms with E-state index in [-0.39, 0.29) is 0 Å². The van der Waals surface area contributed by atoms with Crippen molar-refractivity contribution in [2.75, 3.05) is 26.8 Å². The number of rotatable bonds is 7. The normalized spacial score (nSPS) is 33.6. The van der Waals surface area contributed by atoms with Gasteiger partial charge >= 0.3 is 0 Å². The lowest BCUT2D eigenvalue weighted by Crippen LogP contribution is -2.59. The number of methoxy groups -OCH3 is 1. The van der Waals surface area contributed by atoms with Crippen molar-refractivity contribution in [3.05, 3.63) is 0 Å². The summed E-state index contributed by atoms with van der Waals surface area (Å²) in [6.45, 7) is 14.6. The molecule has 1 aliphatic carbocycles. The third-order valence-electron chi connectivity index (χ3n) is 4.61. The fourth-order valence-electron chi connectivity index (χ4n) is 4.02. The molecule has 0 aromatic heterocycles. The van der Waals surface area contributed by atoms with Crippen LogP contribution in [0.5, 0.6) is 0 Å². The summed E-state index contributed by atoms with van der Waals surface area (Å²) in [4.78, 5) is 2.65. The van der Waals surface area contributed by atoms with Crippen molar-refractivity contribution in [2.45, 2.75) is 65.6 Å². The second kappa shape index (κ2) is 8.23. The molecule has 0 heterocycles. The average Bonchev–Trinajstić information content (AvgIpc) is 2.33. The Kier molecular flexibility index (Phi) is 7.33. The zero-order valence-electron chi connectivity index (χ0n) is 13.8. The highest BCUT2D eigenvalue weighted by atomic mass is 16.5. The first-order valence-corrected chi connectivity index (χ1v) is 8.03. The van der Waals surface area contributed by atoms with E-state index in [1.807, 2.05) is 0 Å². The zero-order chi connectivity index (χ0) is 14.4. The van der Waals surface area contributed by atoms with Gasteiger partial charge in [-0.25, -0.2) is 0 Å². The fraction of sp³-hybridized carbons (Fsp3) is 1.00. The van der Waals surface area contributed by atoms with Crippen LogP contribution >= 0.6 is 0 Å². The first kappa shape index (κ1) is 16.9. The minimum absolute atomic E-state index is 0.497. The van der Waals surface area contributed by atoms with E-state index in [2.05, 4.69) is 44.8 Å². The lowest BCUT2D eigenvalue weighted by molar-refractivity contribution is 0.0116. The average molecular weight is 270 g/mol. The maximum Gasteiger partial charge on any atom is 0.0615 e. The molecule has 1 saturated carbocycles. The second-order valence-corrected chi connectivity index (χ2v) is 6.34. The van der Waals surface area contributed by atoms with Crippen molar-refractivity contribution in [2.24, 2.45) is 11.8 Å². The first-order valence-electron chi connectivity index (χ1n) is 8.03. The molecule has 0 amide bonds. The van der Waals surface area contributed by atoms with E-state index < -0.39 is 0 Å². The van der Waals surface area contributed by atoms with Crippen LogP contribution < -0.4 is 5.32 Å². The predicted molar refractivity (Wildman–Crippen MR) is 82.5 cm³/mol. The Morgan fingerprint density at radius 2 is 1.95 bits per heavy atom. The summed E-state index contributed by atoms with van der Waals surface area (Å²) >= 11 is 0. The van der Waals surface area contributed by atoms with Crippen LogP contribution in [0, 0.1) is 11.8 Å². The van der Waals surface area contributed by atoms with E-state index in [4.69, 9.17) is 4.74 Å².